The standard InChI is InChI=1S/C28H23F4N5O2/c1-16-6-8-33-23(14-37-10-4-5-22(27(37)38)28(30,31)32)21(16)15-39-25-13-18(29)12-20-19(11-17(2)35-26(20)25)24-7-9-34-36(24)3/h4-13H,14-15H2,1-3H3. The molecule has 200 valence electrons. The molecule has 0 atom stereocenters. The molecule has 0 aliphatic heterocycles. The smallest absolute Gasteiger partial charge is 0.421 e. The Labute approximate surface area is 220 Å². The largest absolute Gasteiger partial charge is 0.486 e. The molecule has 0 radical (unpaired) electrons. The first kappa shape index (κ1) is 26.1. The van der Waals surface area contributed by atoms with Crippen LogP contribution >= 0.6 is 0 Å². The second-order valence-electron chi connectivity index (χ2n) is 9.15. The highest BCUT2D eigenvalue weighted by Gasteiger charge is 2.34. The lowest BCUT2D eigenvalue weighted by molar-refractivity contribution is -0.138. The summed E-state index contributed by atoms with van der Waals surface area (Å²) in [6.07, 6.45) is -0.339. The number of pyridine rings is 3. The summed E-state index contributed by atoms with van der Waals surface area (Å²) in [6, 6.07) is 9.94. The summed E-state index contributed by atoms with van der Waals surface area (Å²) in [7, 11) is 1.79. The molecule has 0 bridgehead atoms. The number of aryl methyl sites for hydroxylation is 3. The van der Waals surface area contributed by atoms with Gasteiger partial charge in [0.15, 0.2) is 0 Å². The second kappa shape index (κ2) is 9.97. The van der Waals surface area contributed by atoms with Crippen LogP contribution in [0.25, 0.3) is 22.2 Å². The van der Waals surface area contributed by atoms with E-state index in [0.717, 1.165) is 27.5 Å². The maximum absolute atomic E-state index is 14.8. The Morgan fingerprint density at radius 1 is 1.05 bits per heavy atom. The van der Waals surface area contributed by atoms with Crippen molar-refractivity contribution in [1.82, 2.24) is 24.3 Å². The first-order chi connectivity index (χ1) is 18.5. The molecule has 0 unspecified atom stereocenters. The molecule has 39 heavy (non-hydrogen) atoms. The van der Waals surface area contributed by atoms with Crippen molar-refractivity contribution in [3.8, 4) is 17.0 Å². The number of hydrogen-bond acceptors (Lipinski definition) is 5. The van der Waals surface area contributed by atoms with E-state index in [1.807, 2.05) is 19.1 Å². The lowest BCUT2D eigenvalue weighted by Gasteiger charge is -2.16. The van der Waals surface area contributed by atoms with Gasteiger partial charge in [-0.1, -0.05) is 0 Å². The van der Waals surface area contributed by atoms with Crippen LogP contribution in [0.1, 0.15) is 28.1 Å². The fourth-order valence-corrected chi connectivity index (χ4v) is 4.52. The highest BCUT2D eigenvalue weighted by molar-refractivity contribution is 5.97. The molecule has 5 rings (SSSR count). The number of benzene rings is 1. The van der Waals surface area contributed by atoms with Gasteiger partial charge in [-0.15, -0.1) is 0 Å². The van der Waals surface area contributed by atoms with E-state index in [2.05, 4.69) is 15.1 Å². The van der Waals surface area contributed by atoms with Gasteiger partial charge in [0.2, 0.25) is 0 Å². The SMILES string of the molecule is Cc1cc(-c2ccnn2C)c2cc(F)cc(OCc3c(C)ccnc3Cn3cccc(C(F)(F)F)c3=O)c2n1. The third-order valence-corrected chi connectivity index (χ3v) is 6.47. The van der Waals surface area contributed by atoms with E-state index in [4.69, 9.17) is 4.74 Å². The Kier molecular flexibility index (Phi) is 6.67. The fraction of sp³-hybridized carbons (Fsp3) is 0.214. The van der Waals surface area contributed by atoms with Crippen molar-refractivity contribution in [2.24, 2.45) is 7.05 Å². The first-order valence-corrected chi connectivity index (χ1v) is 11.9. The van der Waals surface area contributed by atoms with Gasteiger partial charge in [0.25, 0.3) is 5.56 Å². The number of aromatic nitrogens is 5. The zero-order chi connectivity index (χ0) is 27.9. The third-order valence-electron chi connectivity index (χ3n) is 6.47. The fourth-order valence-electron chi connectivity index (χ4n) is 4.52. The van der Waals surface area contributed by atoms with Gasteiger partial charge in [-0.05, 0) is 55.8 Å². The topological polar surface area (TPSA) is 74.8 Å². The van der Waals surface area contributed by atoms with Crippen LogP contribution in [-0.2, 0) is 26.4 Å². The second-order valence-corrected chi connectivity index (χ2v) is 9.15. The van der Waals surface area contributed by atoms with Gasteiger partial charge in [-0.2, -0.15) is 18.3 Å². The van der Waals surface area contributed by atoms with Crippen LogP contribution in [0.4, 0.5) is 17.6 Å². The third kappa shape index (κ3) is 5.12. The Morgan fingerprint density at radius 3 is 2.56 bits per heavy atom. The van der Waals surface area contributed by atoms with Gasteiger partial charge in [-0.25, -0.2) is 9.37 Å². The molecule has 0 spiro atoms. The van der Waals surface area contributed by atoms with Crippen molar-refractivity contribution in [1.29, 1.82) is 0 Å². The predicted octanol–water partition coefficient (Wildman–Crippen LogP) is 5.59. The average molecular weight is 538 g/mol. The molecule has 5 aromatic rings. The minimum Gasteiger partial charge on any atom is -0.486 e. The monoisotopic (exact) mass is 537 g/mol. The van der Waals surface area contributed by atoms with E-state index in [0.29, 0.717) is 27.9 Å². The number of fused-ring (bicyclic) bond motifs is 1. The van der Waals surface area contributed by atoms with Gasteiger partial charge < -0.3 is 9.30 Å². The van der Waals surface area contributed by atoms with Crippen molar-refractivity contribution in [2.75, 3.05) is 0 Å². The molecule has 1 aromatic carbocycles. The summed E-state index contributed by atoms with van der Waals surface area (Å²) in [4.78, 5) is 21.4. The van der Waals surface area contributed by atoms with Crippen molar-refractivity contribution in [2.45, 2.75) is 33.2 Å². The summed E-state index contributed by atoms with van der Waals surface area (Å²) < 4.78 is 63.3. The number of nitrogens with zero attached hydrogens (tertiary/aromatic N) is 5. The minimum atomic E-state index is -4.77. The summed E-state index contributed by atoms with van der Waals surface area (Å²) in [5.74, 6) is -0.326. The summed E-state index contributed by atoms with van der Waals surface area (Å²) in [6.45, 7) is 3.35. The Morgan fingerprint density at radius 2 is 1.85 bits per heavy atom. The minimum absolute atomic E-state index is 0.0715. The Balaban J connectivity index is 1.53. The molecule has 7 nitrogen and oxygen atoms in total. The number of alkyl halides is 3. The molecule has 0 amide bonds. The van der Waals surface area contributed by atoms with Crippen LogP contribution in [0, 0.1) is 19.7 Å². The van der Waals surface area contributed by atoms with Crippen molar-refractivity contribution < 1.29 is 22.3 Å². The maximum Gasteiger partial charge on any atom is 0.421 e. The van der Waals surface area contributed by atoms with Gasteiger partial charge in [0.1, 0.15) is 29.3 Å². The van der Waals surface area contributed by atoms with Crippen LogP contribution < -0.4 is 10.3 Å². The van der Waals surface area contributed by atoms with E-state index in [1.165, 1.54) is 30.6 Å². The van der Waals surface area contributed by atoms with Crippen LogP contribution in [0.15, 0.2) is 65.8 Å². The number of rotatable bonds is 6. The molecule has 11 heteroatoms. The summed E-state index contributed by atoms with van der Waals surface area (Å²) >= 11 is 0. The van der Waals surface area contributed by atoms with Crippen molar-refractivity contribution >= 4 is 10.9 Å². The predicted molar refractivity (Wildman–Crippen MR) is 137 cm³/mol. The normalized spacial score (nSPS) is 11.8. The molecule has 4 heterocycles. The van der Waals surface area contributed by atoms with Gasteiger partial charge in [0.05, 0.1) is 17.9 Å². The molecule has 0 saturated carbocycles. The van der Waals surface area contributed by atoms with Crippen LogP contribution in [-0.4, -0.2) is 24.3 Å². The zero-order valence-electron chi connectivity index (χ0n) is 21.3. The maximum atomic E-state index is 14.8. The lowest BCUT2D eigenvalue weighted by Crippen LogP contribution is -2.29. The number of halogens is 4. The molecule has 0 saturated heterocycles. The van der Waals surface area contributed by atoms with E-state index in [1.54, 1.807) is 30.9 Å². The van der Waals surface area contributed by atoms with Crippen LogP contribution in [0.2, 0.25) is 0 Å². The Bertz CT molecular complexity index is 1760. The van der Waals surface area contributed by atoms with Crippen LogP contribution in [0.3, 0.4) is 0 Å². The quantitative estimate of drug-likeness (QED) is 0.264. The molecule has 4 aromatic heterocycles. The van der Waals surface area contributed by atoms with Crippen molar-refractivity contribution in [3.63, 3.8) is 0 Å². The van der Waals surface area contributed by atoms with Gasteiger partial charge in [0, 0.05) is 53.9 Å². The lowest BCUT2D eigenvalue weighted by atomic mass is 10.0. The van der Waals surface area contributed by atoms with E-state index < -0.39 is 23.1 Å². The van der Waals surface area contributed by atoms with Crippen LogP contribution in [0.5, 0.6) is 5.75 Å². The highest BCUT2D eigenvalue weighted by atomic mass is 19.4. The molecule has 0 aliphatic carbocycles. The van der Waals surface area contributed by atoms with Gasteiger partial charge >= 0.3 is 6.18 Å². The van der Waals surface area contributed by atoms with E-state index in [9.17, 15) is 22.4 Å². The number of hydrogen-bond donors (Lipinski definition) is 0. The average Bonchev–Trinajstić information content (AvgIpc) is 3.29. The summed E-state index contributed by atoms with van der Waals surface area (Å²) in [5.41, 5.74) is 1.91. The molecular weight excluding hydrogens is 514 g/mol. The first-order valence-electron chi connectivity index (χ1n) is 11.9. The highest BCUT2D eigenvalue weighted by Crippen LogP contribution is 2.34. The van der Waals surface area contributed by atoms with Gasteiger partial charge in [-0.3, -0.25) is 14.5 Å². The van der Waals surface area contributed by atoms with Crippen molar-refractivity contribution in [3.05, 3.63) is 105 Å². The summed E-state index contributed by atoms with van der Waals surface area (Å²) in [5, 5.41) is 4.75. The molecule has 0 N–H and O–H groups in total. The molecule has 0 aliphatic rings. The molecule has 0 fully saturated rings. The van der Waals surface area contributed by atoms with E-state index in [-0.39, 0.29) is 18.9 Å². The Hall–Kier alpha value is -4.54. The van der Waals surface area contributed by atoms with E-state index >= 15 is 0 Å². The molecular formula is C28H23F4N5O2. The number of ether oxygens (including phenoxy) is 1. The zero-order valence-corrected chi connectivity index (χ0v) is 21.3.